The Morgan fingerprint density at radius 2 is 1.50 bits per heavy atom. The van der Waals surface area contributed by atoms with Gasteiger partial charge in [-0.15, -0.1) is 0 Å². The molecule has 1 saturated heterocycles. The van der Waals surface area contributed by atoms with E-state index in [0.29, 0.717) is 6.61 Å². The summed E-state index contributed by atoms with van der Waals surface area (Å²) in [6, 6.07) is 16.9. The molecule has 2 aromatic rings. The summed E-state index contributed by atoms with van der Waals surface area (Å²) in [6.07, 6.45) is 5.29. The SMILES string of the molecule is COCC12c3ccccc3C(c3ccccc31)[C@H]1C(=O)N(C3CCCCC3)C(=O)[C@H]12. The highest BCUT2D eigenvalue weighted by atomic mass is 16.5. The lowest BCUT2D eigenvalue weighted by Gasteiger charge is -2.54. The van der Waals surface area contributed by atoms with Crippen molar-refractivity contribution in [2.75, 3.05) is 13.7 Å². The molecular weight excluding hydrogens is 374 g/mol. The number of amides is 2. The smallest absolute Gasteiger partial charge is 0.234 e. The van der Waals surface area contributed by atoms with Crippen LogP contribution in [-0.4, -0.2) is 36.5 Å². The number of rotatable bonds is 3. The van der Waals surface area contributed by atoms with Crippen LogP contribution in [0, 0.1) is 11.8 Å². The molecule has 4 nitrogen and oxygen atoms in total. The highest BCUT2D eigenvalue weighted by molar-refractivity contribution is 6.08. The van der Waals surface area contributed by atoms with Crippen LogP contribution in [0.4, 0.5) is 0 Å². The second kappa shape index (κ2) is 6.52. The van der Waals surface area contributed by atoms with Crippen molar-refractivity contribution in [2.45, 2.75) is 49.5 Å². The number of benzene rings is 2. The average Bonchev–Trinajstić information content (AvgIpc) is 3.06. The Bertz CT molecular complexity index is 991. The summed E-state index contributed by atoms with van der Waals surface area (Å²) in [5.41, 5.74) is 4.13. The summed E-state index contributed by atoms with van der Waals surface area (Å²) in [6.45, 7) is 0.409. The van der Waals surface area contributed by atoms with Gasteiger partial charge < -0.3 is 4.74 Å². The number of likely N-dealkylation sites (tertiary alicyclic amines) is 1. The fourth-order valence-corrected chi connectivity index (χ4v) is 7.12. The van der Waals surface area contributed by atoms with Crippen LogP contribution in [-0.2, 0) is 19.7 Å². The Balaban J connectivity index is 1.60. The fraction of sp³-hybridized carbons (Fsp3) is 0.462. The Morgan fingerprint density at radius 1 is 0.900 bits per heavy atom. The zero-order chi connectivity index (χ0) is 20.5. The minimum Gasteiger partial charge on any atom is -0.383 e. The van der Waals surface area contributed by atoms with Gasteiger partial charge in [-0.1, -0.05) is 67.8 Å². The molecule has 2 fully saturated rings. The monoisotopic (exact) mass is 401 g/mol. The van der Waals surface area contributed by atoms with Crippen molar-refractivity contribution < 1.29 is 14.3 Å². The van der Waals surface area contributed by atoms with Crippen molar-refractivity contribution in [3.05, 3.63) is 70.8 Å². The van der Waals surface area contributed by atoms with Crippen LogP contribution in [0.2, 0.25) is 0 Å². The highest BCUT2D eigenvalue weighted by Gasteiger charge is 2.68. The topological polar surface area (TPSA) is 46.6 Å². The van der Waals surface area contributed by atoms with E-state index >= 15 is 0 Å². The molecule has 0 unspecified atom stereocenters. The van der Waals surface area contributed by atoms with Gasteiger partial charge in [0.2, 0.25) is 11.8 Å². The van der Waals surface area contributed by atoms with Crippen molar-refractivity contribution in [3.8, 4) is 0 Å². The van der Waals surface area contributed by atoms with E-state index in [9.17, 15) is 9.59 Å². The number of imide groups is 1. The first-order valence-corrected chi connectivity index (χ1v) is 11.2. The maximum Gasteiger partial charge on any atom is 0.234 e. The molecule has 0 radical (unpaired) electrons. The van der Waals surface area contributed by atoms with E-state index in [1.807, 2.05) is 0 Å². The molecule has 1 heterocycles. The van der Waals surface area contributed by atoms with Crippen LogP contribution < -0.4 is 0 Å². The van der Waals surface area contributed by atoms with Crippen LogP contribution >= 0.6 is 0 Å². The summed E-state index contributed by atoms with van der Waals surface area (Å²) in [4.78, 5) is 29.5. The molecule has 4 heteroatoms. The van der Waals surface area contributed by atoms with Crippen LogP contribution in [0.15, 0.2) is 48.5 Å². The molecule has 2 atom stereocenters. The van der Waals surface area contributed by atoms with Gasteiger partial charge in [-0.25, -0.2) is 0 Å². The maximum atomic E-state index is 14.0. The van der Waals surface area contributed by atoms with Crippen LogP contribution in [0.5, 0.6) is 0 Å². The molecule has 30 heavy (non-hydrogen) atoms. The molecular formula is C26H27NO3. The van der Waals surface area contributed by atoms with Crippen LogP contribution in [0.25, 0.3) is 0 Å². The predicted octanol–water partition coefficient (Wildman–Crippen LogP) is 4.01. The second-order valence-corrected chi connectivity index (χ2v) is 9.40. The Kier molecular flexibility index (Phi) is 3.98. The van der Waals surface area contributed by atoms with Gasteiger partial charge in [0.05, 0.1) is 23.9 Å². The molecule has 0 N–H and O–H groups in total. The van der Waals surface area contributed by atoms with E-state index in [2.05, 4.69) is 48.5 Å². The average molecular weight is 402 g/mol. The first kappa shape index (κ1) is 18.3. The molecule has 5 aliphatic rings. The maximum absolute atomic E-state index is 14.0. The lowest BCUT2D eigenvalue weighted by atomic mass is 9.47. The van der Waals surface area contributed by atoms with Gasteiger partial charge in [0, 0.05) is 19.1 Å². The second-order valence-electron chi connectivity index (χ2n) is 9.40. The summed E-state index contributed by atoms with van der Waals surface area (Å²) < 4.78 is 5.80. The van der Waals surface area contributed by atoms with Gasteiger partial charge >= 0.3 is 0 Å². The quantitative estimate of drug-likeness (QED) is 0.730. The number of hydrogen-bond acceptors (Lipinski definition) is 3. The molecule has 2 amide bonds. The van der Waals surface area contributed by atoms with Gasteiger partial charge in [0.15, 0.2) is 0 Å². The molecule has 2 bridgehead atoms. The molecule has 1 aliphatic heterocycles. The number of methoxy groups -OCH3 is 1. The molecule has 2 aromatic carbocycles. The van der Waals surface area contributed by atoms with Crippen molar-refractivity contribution in [3.63, 3.8) is 0 Å². The van der Waals surface area contributed by atoms with E-state index in [4.69, 9.17) is 4.74 Å². The minimum atomic E-state index is -0.600. The summed E-state index contributed by atoms with van der Waals surface area (Å²) >= 11 is 0. The Morgan fingerprint density at radius 3 is 2.10 bits per heavy atom. The van der Waals surface area contributed by atoms with E-state index in [0.717, 1.165) is 25.7 Å². The predicted molar refractivity (Wildman–Crippen MR) is 113 cm³/mol. The number of carbonyl (C=O) groups excluding carboxylic acids is 2. The zero-order valence-corrected chi connectivity index (χ0v) is 17.3. The van der Waals surface area contributed by atoms with Crippen molar-refractivity contribution >= 4 is 11.8 Å². The van der Waals surface area contributed by atoms with Gasteiger partial charge in [-0.3, -0.25) is 14.5 Å². The van der Waals surface area contributed by atoms with Crippen molar-refractivity contribution in [1.29, 1.82) is 0 Å². The largest absolute Gasteiger partial charge is 0.383 e. The third-order valence-electron chi connectivity index (χ3n) is 8.14. The highest BCUT2D eigenvalue weighted by Crippen LogP contribution is 2.64. The van der Waals surface area contributed by atoms with Gasteiger partial charge in [0.1, 0.15) is 0 Å². The van der Waals surface area contributed by atoms with Crippen LogP contribution in [0.3, 0.4) is 0 Å². The molecule has 0 aromatic heterocycles. The third-order valence-corrected chi connectivity index (χ3v) is 8.14. The lowest BCUT2D eigenvalue weighted by molar-refractivity contribution is -0.143. The standard InChI is InChI=1S/C26H27NO3/c1-30-15-26-19-13-7-5-11-17(19)21(18-12-6-8-14-20(18)26)22-23(26)25(29)27(24(22)28)16-9-3-2-4-10-16/h5-8,11-14,16,21-23H,2-4,9-10,15H2,1H3/t21?,22-,23+,26?/m1/s1. The Labute approximate surface area is 177 Å². The van der Waals surface area contributed by atoms with Crippen molar-refractivity contribution in [2.24, 2.45) is 11.8 Å². The van der Waals surface area contributed by atoms with E-state index < -0.39 is 5.41 Å². The van der Waals surface area contributed by atoms with E-state index in [-0.39, 0.29) is 35.6 Å². The van der Waals surface area contributed by atoms with E-state index in [1.54, 1.807) is 12.0 Å². The first-order valence-electron chi connectivity index (χ1n) is 11.2. The number of ether oxygens (including phenoxy) is 1. The number of hydrogen-bond donors (Lipinski definition) is 0. The molecule has 1 saturated carbocycles. The summed E-state index contributed by atoms with van der Waals surface area (Å²) in [5, 5.41) is 0. The zero-order valence-electron chi connectivity index (χ0n) is 17.3. The molecule has 4 aliphatic carbocycles. The molecule has 7 rings (SSSR count). The molecule has 154 valence electrons. The number of nitrogens with zero attached hydrogens (tertiary/aromatic N) is 1. The number of carbonyl (C=O) groups is 2. The van der Waals surface area contributed by atoms with Gasteiger partial charge in [0.25, 0.3) is 0 Å². The lowest BCUT2D eigenvalue weighted by Crippen LogP contribution is -2.55. The fourth-order valence-electron chi connectivity index (χ4n) is 7.12. The van der Waals surface area contributed by atoms with Crippen LogP contribution in [0.1, 0.15) is 60.3 Å². The Hall–Kier alpha value is -2.46. The minimum absolute atomic E-state index is 0.0305. The summed E-state index contributed by atoms with van der Waals surface area (Å²) in [7, 11) is 1.70. The normalized spacial score (nSPS) is 32.2. The third kappa shape index (κ3) is 2.10. The first-order chi connectivity index (χ1) is 14.7. The van der Waals surface area contributed by atoms with Gasteiger partial charge in [-0.2, -0.15) is 0 Å². The summed E-state index contributed by atoms with van der Waals surface area (Å²) in [5.74, 6) is -0.665. The molecule has 0 spiro atoms. The van der Waals surface area contributed by atoms with E-state index in [1.165, 1.54) is 28.7 Å². The van der Waals surface area contributed by atoms with Crippen molar-refractivity contribution in [1.82, 2.24) is 4.90 Å². The van der Waals surface area contributed by atoms with Gasteiger partial charge in [-0.05, 0) is 35.1 Å².